The highest BCUT2D eigenvalue weighted by atomic mass is 32.1. The molecule has 0 spiro atoms. The molecule has 0 radical (unpaired) electrons. The molecule has 4 nitrogen and oxygen atoms in total. The summed E-state index contributed by atoms with van der Waals surface area (Å²) >= 11 is 2.87. The summed E-state index contributed by atoms with van der Waals surface area (Å²) in [6, 6.07) is 0.981. The Morgan fingerprint density at radius 3 is 2.88 bits per heavy atom. The van der Waals surface area contributed by atoms with Crippen molar-refractivity contribution in [1.29, 1.82) is 0 Å². The van der Waals surface area contributed by atoms with Crippen molar-refractivity contribution in [3.63, 3.8) is 0 Å². The van der Waals surface area contributed by atoms with Crippen molar-refractivity contribution in [3.05, 3.63) is 27.4 Å². The molecule has 0 aliphatic rings. The lowest BCUT2D eigenvalue weighted by molar-refractivity contribution is -0.138. The van der Waals surface area contributed by atoms with Crippen molar-refractivity contribution in [3.8, 4) is 10.6 Å². The Bertz CT molecular complexity index is 518. The minimum atomic E-state index is -1.05. The molecule has 0 aromatic carbocycles. The van der Waals surface area contributed by atoms with Gasteiger partial charge in [-0.3, -0.25) is 4.79 Å². The zero-order valence-electron chi connectivity index (χ0n) is 8.51. The van der Waals surface area contributed by atoms with E-state index in [1.807, 2.05) is 23.8 Å². The molecule has 16 heavy (non-hydrogen) atoms. The van der Waals surface area contributed by atoms with Crippen LogP contribution in [-0.2, 0) is 4.79 Å². The molecule has 1 atom stereocenters. The Morgan fingerprint density at radius 1 is 1.56 bits per heavy atom. The number of carboxylic acid groups (broad SMARTS) is 1. The van der Waals surface area contributed by atoms with Crippen molar-refractivity contribution < 1.29 is 9.90 Å². The van der Waals surface area contributed by atoms with E-state index in [4.69, 9.17) is 10.8 Å². The predicted molar refractivity (Wildman–Crippen MR) is 64.7 cm³/mol. The first kappa shape index (κ1) is 11.3. The van der Waals surface area contributed by atoms with Crippen LogP contribution in [0.15, 0.2) is 16.8 Å². The molecule has 0 saturated heterocycles. The van der Waals surface area contributed by atoms with Crippen LogP contribution in [0.2, 0.25) is 0 Å². The summed E-state index contributed by atoms with van der Waals surface area (Å²) in [7, 11) is 0. The van der Waals surface area contributed by atoms with Crippen LogP contribution >= 0.6 is 22.7 Å². The number of carboxylic acids is 1. The lowest BCUT2D eigenvalue weighted by Crippen LogP contribution is -2.20. The number of nitrogens with two attached hydrogens (primary N) is 1. The van der Waals surface area contributed by atoms with Gasteiger partial charge in [0.05, 0.1) is 10.6 Å². The van der Waals surface area contributed by atoms with E-state index in [0.29, 0.717) is 5.01 Å². The Balaban J connectivity index is 2.33. The van der Waals surface area contributed by atoms with Gasteiger partial charge in [-0.1, -0.05) is 0 Å². The third kappa shape index (κ3) is 1.99. The van der Waals surface area contributed by atoms with Crippen molar-refractivity contribution in [2.75, 3.05) is 0 Å². The molecule has 2 aromatic heterocycles. The number of thiophene rings is 1. The van der Waals surface area contributed by atoms with Crippen LogP contribution in [0.4, 0.5) is 0 Å². The molecule has 3 N–H and O–H groups in total. The minimum absolute atomic E-state index is 0.440. The van der Waals surface area contributed by atoms with Crippen LogP contribution in [-0.4, -0.2) is 16.1 Å². The molecule has 0 bridgehead atoms. The number of nitrogens with zero attached hydrogens (tertiary/aromatic N) is 1. The number of hydrogen-bond acceptors (Lipinski definition) is 5. The SMILES string of the molecule is Cc1ccsc1-c1csc(C(N)C(=O)O)n1. The topological polar surface area (TPSA) is 76.2 Å². The molecule has 0 aliphatic heterocycles. The molecule has 0 fully saturated rings. The van der Waals surface area contributed by atoms with Crippen LogP contribution in [0.3, 0.4) is 0 Å². The first-order valence-corrected chi connectivity index (χ1v) is 6.34. The number of aliphatic carboxylic acids is 1. The summed E-state index contributed by atoms with van der Waals surface area (Å²) in [5.74, 6) is -1.05. The quantitative estimate of drug-likeness (QED) is 0.881. The van der Waals surface area contributed by atoms with Gasteiger partial charge in [0, 0.05) is 5.38 Å². The van der Waals surface area contributed by atoms with E-state index in [2.05, 4.69) is 4.98 Å². The van der Waals surface area contributed by atoms with Gasteiger partial charge in [0.2, 0.25) is 0 Å². The second kappa shape index (κ2) is 4.32. The lowest BCUT2D eigenvalue weighted by atomic mass is 10.2. The highest BCUT2D eigenvalue weighted by molar-refractivity contribution is 7.14. The van der Waals surface area contributed by atoms with Gasteiger partial charge in [-0.15, -0.1) is 22.7 Å². The summed E-state index contributed by atoms with van der Waals surface area (Å²) in [6.07, 6.45) is 0. The Morgan fingerprint density at radius 2 is 2.31 bits per heavy atom. The van der Waals surface area contributed by atoms with Crippen LogP contribution in [0.5, 0.6) is 0 Å². The molecule has 84 valence electrons. The molecule has 6 heteroatoms. The zero-order valence-corrected chi connectivity index (χ0v) is 10.1. The summed E-state index contributed by atoms with van der Waals surface area (Å²) in [4.78, 5) is 16.0. The molecular weight excluding hydrogens is 244 g/mol. The smallest absolute Gasteiger partial charge is 0.327 e. The minimum Gasteiger partial charge on any atom is -0.480 e. The third-order valence-electron chi connectivity index (χ3n) is 2.15. The van der Waals surface area contributed by atoms with E-state index in [-0.39, 0.29) is 0 Å². The number of thiazole rings is 1. The van der Waals surface area contributed by atoms with Gasteiger partial charge in [0.25, 0.3) is 0 Å². The van der Waals surface area contributed by atoms with Gasteiger partial charge >= 0.3 is 5.97 Å². The summed E-state index contributed by atoms with van der Waals surface area (Å²) in [5.41, 5.74) is 7.45. The molecule has 0 amide bonds. The lowest BCUT2D eigenvalue weighted by Gasteiger charge is -2.00. The van der Waals surface area contributed by atoms with Gasteiger partial charge in [-0.05, 0) is 23.9 Å². The maximum atomic E-state index is 10.7. The van der Waals surface area contributed by atoms with Gasteiger partial charge < -0.3 is 10.8 Å². The van der Waals surface area contributed by atoms with E-state index in [1.54, 1.807) is 11.3 Å². The number of carbonyl (C=O) groups is 1. The van der Waals surface area contributed by atoms with Crippen LogP contribution in [0.25, 0.3) is 10.6 Å². The first-order valence-electron chi connectivity index (χ1n) is 4.58. The van der Waals surface area contributed by atoms with E-state index in [9.17, 15) is 4.79 Å². The highest BCUT2D eigenvalue weighted by Crippen LogP contribution is 2.31. The molecule has 2 rings (SSSR count). The van der Waals surface area contributed by atoms with Gasteiger partial charge in [-0.2, -0.15) is 0 Å². The normalized spacial score (nSPS) is 12.6. The Kier molecular flexibility index (Phi) is 3.04. The summed E-state index contributed by atoms with van der Waals surface area (Å²) < 4.78 is 0. The third-order valence-corrected chi connectivity index (χ3v) is 4.12. The first-order chi connectivity index (χ1) is 7.59. The fourth-order valence-electron chi connectivity index (χ4n) is 1.28. The maximum absolute atomic E-state index is 10.7. The molecule has 2 aromatic rings. The van der Waals surface area contributed by atoms with Gasteiger partial charge in [0.15, 0.2) is 6.04 Å². The van der Waals surface area contributed by atoms with Crippen molar-refractivity contribution in [2.45, 2.75) is 13.0 Å². The summed E-state index contributed by atoms with van der Waals surface area (Å²) in [5, 5.41) is 13.0. The number of rotatable bonds is 3. The fraction of sp³-hybridized carbons (Fsp3) is 0.200. The zero-order chi connectivity index (χ0) is 11.7. The van der Waals surface area contributed by atoms with Crippen molar-refractivity contribution in [2.24, 2.45) is 5.73 Å². The Hall–Kier alpha value is -1.24. The second-order valence-electron chi connectivity index (χ2n) is 3.32. The number of hydrogen-bond donors (Lipinski definition) is 2. The monoisotopic (exact) mass is 254 g/mol. The van der Waals surface area contributed by atoms with Crippen LogP contribution < -0.4 is 5.73 Å². The largest absolute Gasteiger partial charge is 0.480 e. The van der Waals surface area contributed by atoms with Crippen molar-refractivity contribution >= 4 is 28.6 Å². The van der Waals surface area contributed by atoms with Crippen LogP contribution in [0.1, 0.15) is 16.6 Å². The Labute approximate surface area is 100 Å². The average Bonchev–Trinajstić information content (AvgIpc) is 2.84. The standard InChI is InChI=1S/C10H10N2O2S2/c1-5-2-3-15-8(5)6-4-16-9(12-6)7(11)10(13)14/h2-4,7H,11H2,1H3,(H,13,14). The van der Waals surface area contributed by atoms with Gasteiger partial charge in [0.1, 0.15) is 5.01 Å². The summed E-state index contributed by atoms with van der Waals surface area (Å²) in [6.45, 7) is 2.00. The maximum Gasteiger partial charge on any atom is 0.327 e. The fourth-order valence-corrected chi connectivity index (χ4v) is 3.04. The molecular formula is C10H10N2O2S2. The van der Waals surface area contributed by atoms with Crippen LogP contribution in [0, 0.1) is 6.92 Å². The predicted octanol–water partition coefficient (Wildman–Crippen LogP) is 2.26. The number of aryl methyl sites for hydroxylation is 1. The van der Waals surface area contributed by atoms with E-state index in [1.165, 1.54) is 11.3 Å². The van der Waals surface area contributed by atoms with E-state index in [0.717, 1.165) is 16.1 Å². The molecule has 1 unspecified atom stereocenters. The van der Waals surface area contributed by atoms with Gasteiger partial charge in [-0.25, -0.2) is 4.98 Å². The number of aromatic nitrogens is 1. The van der Waals surface area contributed by atoms with E-state index >= 15 is 0 Å². The molecule has 0 aliphatic carbocycles. The van der Waals surface area contributed by atoms with Crippen molar-refractivity contribution in [1.82, 2.24) is 4.98 Å². The molecule has 2 heterocycles. The average molecular weight is 254 g/mol. The molecule has 0 saturated carbocycles. The second-order valence-corrected chi connectivity index (χ2v) is 5.13. The van der Waals surface area contributed by atoms with E-state index < -0.39 is 12.0 Å². The highest BCUT2D eigenvalue weighted by Gasteiger charge is 2.19.